The summed E-state index contributed by atoms with van der Waals surface area (Å²) in [6, 6.07) is -1.09. The molecule has 0 radical (unpaired) electrons. The van der Waals surface area contributed by atoms with Gasteiger partial charge >= 0.3 is 18.1 Å². The lowest BCUT2D eigenvalue weighted by atomic mass is 9.83. The summed E-state index contributed by atoms with van der Waals surface area (Å²) in [5.41, 5.74) is 0. The normalized spacial score (nSPS) is 27.7. The van der Waals surface area contributed by atoms with Crippen LogP contribution < -0.4 is 5.32 Å². The van der Waals surface area contributed by atoms with Crippen molar-refractivity contribution in [3.8, 4) is 0 Å². The summed E-state index contributed by atoms with van der Waals surface area (Å²) in [4.78, 5) is 22.3. The summed E-state index contributed by atoms with van der Waals surface area (Å²) >= 11 is 0. The molecule has 1 aliphatic rings. The van der Waals surface area contributed by atoms with Crippen LogP contribution in [0.5, 0.6) is 0 Å². The zero-order chi connectivity index (χ0) is 14.6. The van der Waals surface area contributed by atoms with E-state index in [1.807, 2.05) is 0 Å². The van der Waals surface area contributed by atoms with Crippen molar-refractivity contribution in [2.24, 2.45) is 5.92 Å². The molecule has 3 atom stereocenters. The van der Waals surface area contributed by atoms with Gasteiger partial charge in [0.25, 0.3) is 0 Å². The van der Waals surface area contributed by atoms with Gasteiger partial charge in [-0.15, -0.1) is 0 Å². The van der Waals surface area contributed by atoms with Gasteiger partial charge in [-0.1, -0.05) is 0 Å². The number of halogens is 3. The number of aliphatic hydroxyl groups excluding tert-OH is 1. The molecule has 0 spiro atoms. The van der Waals surface area contributed by atoms with Gasteiger partial charge in [0.2, 0.25) is 0 Å². The Bertz CT molecular complexity index is 345. The molecule has 0 bridgehead atoms. The van der Waals surface area contributed by atoms with Crippen LogP contribution in [0.25, 0.3) is 0 Å². The average Bonchev–Trinajstić information content (AvgIpc) is 2.30. The van der Waals surface area contributed by atoms with Gasteiger partial charge in [-0.05, 0) is 26.2 Å². The summed E-state index contributed by atoms with van der Waals surface area (Å²) in [5.74, 6) is -3.22. The van der Waals surface area contributed by atoms with Crippen LogP contribution in [0.3, 0.4) is 0 Å². The molecule has 1 aliphatic carbocycles. The first kappa shape index (κ1) is 15.7. The topological polar surface area (TPSA) is 75.6 Å². The van der Waals surface area contributed by atoms with E-state index in [0.717, 1.165) is 0 Å². The van der Waals surface area contributed by atoms with Crippen LogP contribution >= 0.6 is 0 Å². The lowest BCUT2D eigenvalue weighted by molar-refractivity contribution is -0.176. The molecule has 1 amide bonds. The minimum atomic E-state index is -5.00. The van der Waals surface area contributed by atoms with Crippen LogP contribution in [-0.2, 0) is 14.3 Å². The molecule has 8 heteroatoms. The van der Waals surface area contributed by atoms with Gasteiger partial charge in [0.05, 0.1) is 24.7 Å². The van der Waals surface area contributed by atoms with Gasteiger partial charge in [0.1, 0.15) is 0 Å². The molecule has 2 N–H and O–H groups in total. The second-order valence-corrected chi connectivity index (χ2v) is 4.41. The number of amides is 1. The minimum absolute atomic E-state index is 0.0538. The molecular weight excluding hydrogens is 267 g/mol. The Morgan fingerprint density at radius 2 is 2.00 bits per heavy atom. The van der Waals surface area contributed by atoms with Gasteiger partial charge in [-0.3, -0.25) is 9.59 Å². The van der Waals surface area contributed by atoms with Crippen LogP contribution in [-0.4, -0.2) is 41.9 Å². The molecule has 0 aromatic carbocycles. The number of aliphatic hydroxyl groups is 1. The van der Waals surface area contributed by atoms with E-state index in [4.69, 9.17) is 4.74 Å². The number of carbonyl (C=O) groups is 2. The molecule has 1 saturated carbocycles. The molecule has 0 saturated heterocycles. The quantitative estimate of drug-likeness (QED) is 0.750. The maximum absolute atomic E-state index is 12.1. The van der Waals surface area contributed by atoms with E-state index >= 15 is 0 Å². The smallest absolute Gasteiger partial charge is 0.466 e. The molecule has 3 unspecified atom stereocenters. The fraction of sp³-hybridized carbons (Fsp3) is 0.818. The first-order chi connectivity index (χ1) is 8.75. The van der Waals surface area contributed by atoms with Gasteiger partial charge in [0.15, 0.2) is 0 Å². The summed E-state index contributed by atoms with van der Waals surface area (Å²) < 4.78 is 41.1. The third-order valence-electron chi connectivity index (χ3n) is 3.01. The number of carbonyl (C=O) groups excluding carboxylic acids is 2. The Morgan fingerprint density at radius 3 is 2.53 bits per heavy atom. The van der Waals surface area contributed by atoms with E-state index in [1.54, 1.807) is 12.2 Å². The SMILES string of the molecule is CCOC(=O)C1CCC(O)C(NC(=O)C(F)(F)F)C1. The first-order valence-corrected chi connectivity index (χ1v) is 5.98. The van der Waals surface area contributed by atoms with E-state index in [2.05, 4.69) is 0 Å². The maximum Gasteiger partial charge on any atom is 0.471 e. The van der Waals surface area contributed by atoms with Crippen molar-refractivity contribution in [2.75, 3.05) is 6.61 Å². The fourth-order valence-corrected chi connectivity index (χ4v) is 2.03. The second-order valence-electron chi connectivity index (χ2n) is 4.41. The molecule has 0 aliphatic heterocycles. The Balaban J connectivity index is 2.61. The standard InChI is InChI=1S/C11H16F3NO4/c1-2-19-9(17)6-3-4-8(16)7(5-6)15-10(18)11(12,13)14/h6-8,16H,2-5H2,1H3,(H,15,18). The van der Waals surface area contributed by atoms with Crippen molar-refractivity contribution in [1.82, 2.24) is 5.32 Å². The zero-order valence-electron chi connectivity index (χ0n) is 10.4. The molecule has 1 rings (SSSR count). The van der Waals surface area contributed by atoms with Gasteiger partial charge in [-0.2, -0.15) is 13.2 Å². The number of nitrogens with one attached hydrogen (secondary N) is 1. The summed E-state index contributed by atoms with van der Waals surface area (Å²) in [5, 5.41) is 11.3. The third-order valence-corrected chi connectivity index (χ3v) is 3.01. The van der Waals surface area contributed by atoms with Gasteiger partial charge in [-0.25, -0.2) is 0 Å². The van der Waals surface area contributed by atoms with Crippen molar-refractivity contribution >= 4 is 11.9 Å². The summed E-state index contributed by atoms with van der Waals surface area (Å²) in [6.07, 6.45) is -5.67. The molecule has 0 heterocycles. The number of ether oxygens (including phenoxy) is 1. The Morgan fingerprint density at radius 1 is 1.37 bits per heavy atom. The zero-order valence-corrected chi connectivity index (χ0v) is 10.4. The highest BCUT2D eigenvalue weighted by atomic mass is 19.4. The van der Waals surface area contributed by atoms with Crippen LogP contribution in [0.15, 0.2) is 0 Å². The van der Waals surface area contributed by atoms with Crippen molar-refractivity contribution in [3.05, 3.63) is 0 Å². The highest BCUT2D eigenvalue weighted by Crippen LogP contribution is 2.27. The highest BCUT2D eigenvalue weighted by Gasteiger charge is 2.42. The Hall–Kier alpha value is -1.31. The van der Waals surface area contributed by atoms with Crippen LogP contribution in [0.1, 0.15) is 26.2 Å². The summed E-state index contributed by atoms with van der Waals surface area (Å²) in [7, 11) is 0. The van der Waals surface area contributed by atoms with Gasteiger partial charge < -0.3 is 15.2 Å². The van der Waals surface area contributed by atoms with E-state index in [9.17, 15) is 27.9 Å². The number of esters is 1. The molecule has 0 aromatic rings. The Kier molecular flexibility index (Phi) is 5.16. The average molecular weight is 283 g/mol. The predicted molar refractivity (Wildman–Crippen MR) is 58.0 cm³/mol. The number of hydrogen-bond donors (Lipinski definition) is 2. The molecular formula is C11H16F3NO4. The van der Waals surface area contributed by atoms with Crippen molar-refractivity contribution in [2.45, 2.75) is 44.5 Å². The van der Waals surface area contributed by atoms with Crippen molar-refractivity contribution in [1.29, 1.82) is 0 Å². The number of alkyl halides is 3. The van der Waals surface area contributed by atoms with Crippen molar-refractivity contribution < 1.29 is 32.6 Å². The fourth-order valence-electron chi connectivity index (χ4n) is 2.03. The first-order valence-electron chi connectivity index (χ1n) is 5.98. The lowest BCUT2D eigenvalue weighted by Crippen LogP contribution is -2.51. The molecule has 19 heavy (non-hydrogen) atoms. The van der Waals surface area contributed by atoms with E-state index in [-0.39, 0.29) is 19.4 Å². The van der Waals surface area contributed by atoms with Crippen LogP contribution in [0, 0.1) is 5.92 Å². The van der Waals surface area contributed by atoms with Crippen molar-refractivity contribution in [3.63, 3.8) is 0 Å². The maximum atomic E-state index is 12.1. The second kappa shape index (κ2) is 6.23. The predicted octanol–water partition coefficient (Wildman–Crippen LogP) is 0.758. The molecule has 1 fully saturated rings. The molecule has 0 aromatic heterocycles. The third kappa shape index (κ3) is 4.38. The lowest BCUT2D eigenvalue weighted by Gasteiger charge is -2.32. The number of hydrogen-bond acceptors (Lipinski definition) is 4. The van der Waals surface area contributed by atoms with E-state index < -0.39 is 36.1 Å². The van der Waals surface area contributed by atoms with E-state index in [1.165, 1.54) is 0 Å². The van der Waals surface area contributed by atoms with Gasteiger partial charge in [0, 0.05) is 0 Å². The largest absolute Gasteiger partial charge is 0.471 e. The molecule has 110 valence electrons. The van der Waals surface area contributed by atoms with Crippen LogP contribution in [0.2, 0.25) is 0 Å². The number of rotatable bonds is 3. The van der Waals surface area contributed by atoms with Crippen LogP contribution in [0.4, 0.5) is 13.2 Å². The highest BCUT2D eigenvalue weighted by molar-refractivity contribution is 5.82. The summed E-state index contributed by atoms with van der Waals surface area (Å²) in [6.45, 7) is 1.80. The molecule has 5 nitrogen and oxygen atoms in total. The minimum Gasteiger partial charge on any atom is -0.466 e. The monoisotopic (exact) mass is 283 g/mol. The van der Waals surface area contributed by atoms with E-state index in [0.29, 0.717) is 6.42 Å². The Labute approximate surface area is 108 Å².